The van der Waals surface area contributed by atoms with Crippen LogP contribution >= 0.6 is 0 Å². The Morgan fingerprint density at radius 1 is 1.26 bits per heavy atom. The van der Waals surface area contributed by atoms with Crippen LogP contribution in [0.2, 0.25) is 0 Å². The lowest BCUT2D eigenvalue weighted by molar-refractivity contribution is -0.234. The van der Waals surface area contributed by atoms with Crippen LogP contribution in [0.15, 0.2) is 36.9 Å². The van der Waals surface area contributed by atoms with Gasteiger partial charge in [-0.1, -0.05) is 18.2 Å². The average Bonchev–Trinajstić information content (AvgIpc) is 2.37. The third-order valence-corrected chi connectivity index (χ3v) is 2.64. The van der Waals surface area contributed by atoms with Gasteiger partial charge < -0.3 is 4.74 Å². The molecule has 0 aromatic heterocycles. The number of benzene rings is 1. The van der Waals surface area contributed by atoms with E-state index in [4.69, 9.17) is 0 Å². The van der Waals surface area contributed by atoms with Gasteiger partial charge in [0.25, 0.3) is 0 Å². The van der Waals surface area contributed by atoms with Gasteiger partial charge in [-0.3, -0.25) is 0 Å². The first-order valence-electron chi connectivity index (χ1n) is 5.31. The van der Waals surface area contributed by atoms with E-state index >= 15 is 0 Å². The Bertz CT molecular complexity index is 465. The summed E-state index contributed by atoms with van der Waals surface area (Å²) in [5, 5.41) is 0. The second-order valence-electron chi connectivity index (χ2n) is 3.86. The van der Waals surface area contributed by atoms with Crippen molar-refractivity contribution >= 4 is 5.97 Å². The molecule has 0 aliphatic rings. The van der Waals surface area contributed by atoms with Gasteiger partial charge in [0.05, 0.1) is 12.7 Å². The first-order chi connectivity index (χ1) is 8.76. The summed E-state index contributed by atoms with van der Waals surface area (Å²) >= 11 is 0. The zero-order valence-corrected chi connectivity index (χ0v) is 10.1. The van der Waals surface area contributed by atoms with Gasteiger partial charge in [0.1, 0.15) is 0 Å². The fourth-order valence-corrected chi connectivity index (χ4v) is 1.58. The predicted octanol–water partition coefficient (Wildman–Crippen LogP) is 3.78. The van der Waals surface area contributed by atoms with E-state index in [0.717, 1.165) is 37.5 Å². The molecule has 1 atom stereocenters. The zero-order valence-electron chi connectivity index (χ0n) is 10.1. The first-order valence-corrected chi connectivity index (χ1v) is 5.31. The lowest BCUT2D eigenvalue weighted by atomic mass is 9.91. The summed E-state index contributed by atoms with van der Waals surface area (Å²) in [4.78, 5) is 11.1. The number of carbonyl (C=O) groups is 1. The van der Waals surface area contributed by atoms with Crippen LogP contribution in [0.4, 0.5) is 17.6 Å². The maximum absolute atomic E-state index is 14.1. The van der Waals surface area contributed by atoms with Crippen LogP contribution < -0.4 is 0 Å². The van der Waals surface area contributed by atoms with Gasteiger partial charge in [0.15, 0.2) is 0 Å². The molecule has 0 aliphatic heterocycles. The van der Waals surface area contributed by atoms with Crippen molar-refractivity contribution < 1.29 is 27.1 Å². The van der Waals surface area contributed by atoms with Crippen molar-refractivity contribution in [2.45, 2.75) is 18.3 Å². The molecule has 0 bridgehead atoms. The molecule has 0 radical (unpaired) electrons. The molecule has 1 rings (SSSR count). The summed E-state index contributed by atoms with van der Waals surface area (Å²) in [5.74, 6) is -0.702. The average molecular weight is 276 g/mol. The molecule has 0 fully saturated rings. The molecule has 0 heterocycles. The molecular weight excluding hydrogens is 264 g/mol. The smallest absolute Gasteiger partial charge is 0.427 e. The number of allylic oxidation sites excluding steroid dienone is 1. The second kappa shape index (κ2) is 5.42. The van der Waals surface area contributed by atoms with Crippen molar-refractivity contribution in [3.63, 3.8) is 0 Å². The van der Waals surface area contributed by atoms with Crippen molar-refractivity contribution in [2.24, 2.45) is 0 Å². The molecule has 0 aliphatic carbocycles. The maximum atomic E-state index is 14.1. The maximum Gasteiger partial charge on any atom is 0.427 e. The van der Waals surface area contributed by atoms with Crippen LogP contribution in [-0.4, -0.2) is 19.3 Å². The summed E-state index contributed by atoms with van der Waals surface area (Å²) in [7, 11) is 1.14. The molecule has 2 nitrogen and oxygen atoms in total. The molecule has 0 saturated heterocycles. The number of rotatable bonds is 4. The van der Waals surface area contributed by atoms with E-state index in [1.807, 2.05) is 0 Å². The standard InChI is InChI=1S/C13H12F4O2/c1-3-8-12(14,13(15,16)17)10-6-4-9(5-7-10)11(18)19-2/h3-7H,1,8H2,2H3. The van der Waals surface area contributed by atoms with Gasteiger partial charge in [-0.25, -0.2) is 9.18 Å². The van der Waals surface area contributed by atoms with Crippen LogP contribution in [0.3, 0.4) is 0 Å². The second-order valence-corrected chi connectivity index (χ2v) is 3.86. The van der Waals surface area contributed by atoms with E-state index in [9.17, 15) is 22.4 Å². The number of alkyl halides is 4. The summed E-state index contributed by atoms with van der Waals surface area (Å²) in [5.41, 5.74) is -4.04. The number of hydrogen-bond donors (Lipinski definition) is 0. The highest BCUT2D eigenvalue weighted by molar-refractivity contribution is 5.89. The lowest BCUT2D eigenvalue weighted by Crippen LogP contribution is -2.37. The normalized spacial score (nSPS) is 14.6. The minimum Gasteiger partial charge on any atom is -0.465 e. The molecule has 19 heavy (non-hydrogen) atoms. The highest BCUT2D eigenvalue weighted by Gasteiger charge is 2.56. The van der Waals surface area contributed by atoms with Crippen LogP contribution in [0.1, 0.15) is 22.3 Å². The fraction of sp³-hybridized carbons (Fsp3) is 0.308. The number of carbonyl (C=O) groups excluding carboxylic acids is 1. The number of esters is 1. The minimum atomic E-state index is -5.06. The number of hydrogen-bond acceptors (Lipinski definition) is 2. The van der Waals surface area contributed by atoms with Gasteiger partial charge in [-0.05, 0) is 17.7 Å². The Morgan fingerprint density at radius 3 is 2.16 bits per heavy atom. The topological polar surface area (TPSA) is 26.3 Å². The van der Waals surface area contributed by atoms with Crippen LogP contribution in [-0.2, 0) is 10.4 Å². The van der Waals surface area contributed by atoms with Gasteiger partial charge in [0, 0.05) is 6.42 Å². The zero-order chi connectivity index (χ0) is 14.7. The molecule has 0 spiro atoms. The predicted molar refractivity (Wildman–Crippen MR) is 61.4 cm³/mol. The van der Waals surface area contributed by atoms with Crippen molar-refractivity contribution in [1.82, 2.24) is 0 Å². The Labute approximate surface area is 107 Å². The Morgan fingerprint density at radius 2 is 1.79 bits per heavy atom. The van der Waals surface area contributed by atoms with Gasteiger partial charge in [0.2, 0.25) is 5.67 Å². The summed E-state index contributed by atoms with van der Waals surface area (Å²) < 4.78 is 56.9. The molecule has 1 aromatic rings. The SMILES string of the molecule is C=CCC(F)(c1ccc(C(=O)OC)cc1)C(F)(F)F. The quantitative estimate of drug-likeness (QED) is 0.475. The lowest BCUT2D eigenvalue weighted by Gasteiger charge is -2.27. The van der Waals surface area contributed by atoms with E-state index in [2.05, 4.69) is 11.3 Å². The van der Waals surface area contributed by atoms with Gasteiger partial charge in [-0.2, -0.15) is 13.2 Å². The highest BCUT2D eigenvalue weighted by atomic mass is 19.4. The molecule has 0 N–H and O–H groups in total. The number of ether oxygens (including phenoxy) is 1. The molecule has 6 heteroatoms. The van der Waals surface area contributed by atoms with E-state index in [-0.39, 0.29) is 5.56 Å². The Kier molecular flexibility index (Phi) is 4.34. The largest absolute Gasteiger partial charge is 0.465 e. The molecule has 1 unspecified atom stereocenters. The minimum absolute atomic E-state index is 0.0503. The third-order valence-electron chi connectivity index (χ3n) is 2.64. The van der Waals surface area contributed by atoms with E-state index < -0.39 is 29.8 Å². The Balaban J connectivity index is 3.19. The van der Waals surface area contributed by atoms with E-state index in [1.165, 1.54) is 0 Å². The van der Waals surface area contributed by atoms with Crippen molar-refractivity contribution in [1.29, 1.82) is 0 Å². The summed E-state index contributed by atoms with van der Waals surface area (Å²) in [6.45, 7) is 3.13. The molecule has 1 aromatic carbocycles. The van der Waals surface area contributed by atoms with E-state index in [0.29, 0.717) is 0 Å². The van der Waals surface area contributed by atoms with Gasteiger partial charge >= 0.3 is 12.1 Å². The first kappa shape index (κ1) is 15.2. The summed E-state index contributed by atoms with van der Waals surface area (Å²) in [6, 6.07) is 4.02. The van der Waals surface area contributed by atoms with Crippen LogP contribution in [0.25, 0.3) is 0 Å². The van der Waals surface area contributed by atoms with E-state index in [1.54, 1.807) is 0 Å². The molecular formula is C13H12F4O2. The molecule has 104 valence electrons. The van der Waals surface area contributed by atoms with Gasteiger partial charge in [-0.15, -0.1) is 6.58 Å². The van der Waals surface area contributed by atoms with Crippen LogP contribution in [0.5, 0.6) is 0 Å². The third kappa shape index (κ3) is 2.94. The number of methoxy groups -OCH3 is 1. The summed E-state index contributed by atoms with van der Waals surface area (Å²) in [6.07, 6.45) is -5.09. The van der Waals surface area contributed by atoms with Crippen molar-refractivity contribution in [2.75, 3.05) is 7.11 Å². The monoisotopic (exact) mass is 276 g/mol. The Hall–Kier alpha value is -1.85. The van der Waals surface area contributed by atoms with Crippen LogP contribution in [0, 0.1) is 0 Å². The van der Waals surface area contributed by atoms with Crippen molar-refractivity contribution in [3.05, 3.63) is 48.0 Å². The number of halogens is 4. The highest BCUT2D eigenvalue weighted by Crippen LogP contribution is 2.45. The molecule has 0 saturated carbocycles. The molecule has 0 amide bonds. The fourth-order valence-electron chi connectivity index (χ4n) is 1.58. The van der Waals surface area contributed by atoms with Crippen molar-refractivity contribution in [3.8, 4) is 0 Å².